The van der Waals surface area contributed by atoms with E-state index in [2.05, 4.69) is 9.72 Å². The molecule has 130 valence electrons. The highest BCUT2D eigenvalue weighted by Crippen LogP contribution is 2.34. The molecule has 1 aromatic rings. The number of nitrogens with one attached hydrogen (secondary N) is 2. The zero-order valence-electron chi connectivity index (χ0n) is 12.4. The van der Waals surface area contributed by atoms with E-state index in [1.165, 1.54) is 42.1 Å². The van der Waals surface area contributed by atoms with Gasteiger partial charge in [-0.1, -0.05) is 6.07 Å². The minimum atomic E-state index is -5.27. The largest absolute Gasteiger partial charge is 0.450 e. The highest BCUT2D eigenvalue weighted by molar-refractivity contribution is 6.08. The van der Waals surface area contributed by atoms with Gasteiger partial charge in [-0.15, -0.1) is 0 Å². The van der Waals surface area contributed by atoms with Gasteiger partial charge in [-0.2, -0.15) is 13.2 Å². The van der Waals surface area contributed by atoms with Crippen molar-refractivity contribution >= 4 is 18.0 Å². The monoisotopic (exact) mass is 346 g/mol. The van der Waals surface area contributed by atoms with Crippen LogP contribution in [0, 0.1) is 0 Å². The van der Waals surface area contributed by atoms with Crippen molar-refractivity contribution in [3.8, 4) is 0 Å². The van der Waals surface area contributed by atoms with E-state index in [0.29, 0.717) is 10.5 Å². The summed E-state index contributed by atoms with van der Waals surface area (Å²) in [5.74, 6) is -1.66. The summed E-state index contributed by atoms with van der Waals surface area (Å²) in [7, 11) is 0. The second kappa shape index (κ2) is 6.34. The summed E-state index contributed by atoms with van der Waals surface area (Å²) in [6, 6.07) is 1.69. The molecule has 0 aliphatic carbocycles. The third-order valence-electron chi connectivity index (χ3n) is 3.16. The zero-order valence-corrected chi connectivity index (χ0v) is 12.4. The predicted molar refractivity (Wildman–Crippen MR) is 72.3 cm³/mol. The van der Waals surface area contributed by atoms with Gasteiger partial charge in [0.2, 0.25) is 0 Å². The van der Waals surface area contributed by atoms with E-state index in [9.17, 15) is 27.6 Å². The van der Waals surface area contributed by atoms with Crippen molar-refractivity contribution in [3.05, 3.63) is 30.1 Å². The summed E-state index contributed by atoms with van der Waals surface area (Å²) in [5.41, 5.74) is -3.23. The maximum Gasteiger partial charge on any atom is 0.440 e. The van der Waals surface area contributed by atoms with E-state index in [1.807, 2.05) is 0 Å². The second-order valence-corrected chi connectivity index (χ2v) is 4.78. The summed E-state index contributed by atoms with van der Waals surface area (Å²) in [4.78, 5) is 39.6. The first-order valence-electron chi connectivity index (χ1n) is 6.76. The molecule has 4 amide bonds. The molecular weight excluding hydrogens is 333 g/mol. The van der Waals surface area contributed by atoms with Gasteiger partial charge in [-0.3, -0.25) is 25.3 Å². The van der Waals surface area contributed by atoms with Crippen LogP contribution in [0.5, 0.6) is 0 Å². The molecule has 1 atom stereocenters. The van der Waals surface area contributed by atoms with E-state index in [1.54, 1.807) is 0 Å². The minimum absolute atomic E-state index is 0.207. The van der Waals surface area contributed by atoms with Crippen LogP contribution in [-0.2, 0) is 16.1 Å². The van der Waals surface area contributed by atoms with Crippen molar-refractivity contribution < 1.29 is 32.3 Å². The summed E-state index contributed by atoms with van der Waals surface area (Å²) in [6.07, 6.45) is -4.02. The Morgan fingerprint density at radius 1 is 1.46 bits per heavy atom. The highest BCUT2D eigenvalue weighted by Gasteiger charge is 2.69. The molecule has 0 bridgehead atoms. The van der Waals surface area contributed by atoms with Crippen LogP contribution in [0.4, 0.5) is 22.8 Å². The summed E-state index contributed by atoms with van der Waals surface area (Å²) in [6.45, 7) is 0.742. The molecular formula is C13H13F3N4O4. The fraction of sp³-hybridized carbons (Fsp3) is 0.385. The summed E-state index contributed by atoms with van der Waals surface area (Å²) >= 11 is 0. The summed E-state index contributed by atoms with van der Waals surface area (Å²) < 4.78 is 44.6. The van der Waals surface area contributed by atoms with Crippen molar-refractivity contribution in [2.24, 2.45) is 0 Å². The average Bonchev–Trinajstić information content (AvgIpc) is 2.73. The molecule has 11 heteroatoms. The van der Waals surface area contributed by atoms with E-state index < -0.39 is 36.4 Å². The SMILES string of the molecule is CCOC(=O)N[C@]1(C(F)(F)F)NC(=O)N(Cc2cccnc2)C1=O. The van der Waals surface area contributed by atoms with E-state index in [-0.39, 0.29) is 6.61 Å². The van der Waals surface area contributed by atoms with Crippen LogP contribution in [0.1, 0.15) is 12.5 Å². The second-order valence-electron chi connectivity index (χ2n) is 4.78. The number of amides is 4. The number of pyridine rings is 1. The molecule has 8 nitrogen and oxygen atoms in total. The number of rotatable bonds is 4. The fourth-order valence-electron chi connectivity index (χ4n) is 2.06. The van der Waals surface area contributed by atoms with Gasteiger partial charge in [0.1, 0.15) is 0 Å². The molecule has 0 radical (unpaired) electrons. The van der Waals surface area contributed by atoms with E-state index in [0.717, 1.165) is 0 Å². The topological polar surface area (TPSA) is 101 Å². The first-order chi connectivity index (χ1) is 11.2. The van der Waals surface area contributed by atoms with Crippen molar-refractivity contribution in [3.63, 3.8) is 0 Å². The third-order valence-corrected chi connectivity index (χ3v) is 3.16. The van der Waals surface area contributed by atoms with Crippen molar-refractivity contribution in [2.75, 3.05) is 6.61 Å². The lowest BCUT2D eigenvalue weighted by molar-refractivity contribution is -0.201. The maximum absolute atomic E-state index is 13.4. The number of carbonyl (C=O) groups is 3. The number of ether oxygens (including phenoxy) is 1. The fourth-order valence-corrected chi connectivity index (χ4v) is 2.06. The van der Waals surface area contributed by atoms with Gasteiger partial charge in [-0.25, -0.2) is 9.59 Å². The van der Waals surface area contributed by atoms with Gasteiger partial charge in [0, 0.05) is 12.4 Å². The molecule has 24 heavy (non-hydrogen) atoms. The molecule has 0 aromatic carbocycles. The normalized spacial score (nSPS) is 20.8. The number of urea groups is 1. The molecule has 1 aliphatic rings. The maximum atomic E-state index is 13.4. The van der Waals surface area contributed by atoms with Crippen LogP contribution < -0.4 is 10.6 Å². The first-order valence-corrected chi connectivity index (χ1v) is 6.76. The lowest BCUT2D eigenvalue weighted by Crippen LogP contribution is -2.69. The lowest BCUT2D eigenvalue weighted by Gasteiger charge is -2.29. The average molecular weight is 346 g/mol. The van der Waals surface area contributed by atoms with Crippen LogP contribution in [0.2, 0.25) is 0 Å². The van der Waals surface area contributed by atoms with Crippen LogP contribution in [0.15, 0.2) is 24.5 Å². The smallest absolute Gasteiger partial charge is 0.440 e. The Morgan fingerprint density at radius 2 is 2.17 bits per heavy atom. The minimum Gasteiger partial charge on any atom is -0.450 e. The van der Waals surface area contributed by atoms with Gasteiger partial charge < -0.3 is 4.74 Å². The number of nitrogens with zero attached hydrogens (tertiary/aromatic N) is 2. The Morgan fingerprint density at radius 3 is 2.71 bits per heavy atom. The van der Waals surface area contributed by atoms with Crippen LogP contribution in [0.25, 0.3) is 0 Å². The first kappa shape index (κ1) is 17.5. The molecule has 1 saturated heterocycles. The summed E-state index contributed by atoms with van der Waals surface area (Å²) in [5, 5.41) is 2.90. The zero-order chi connectivity index (χ0) is 18.0. The predicted octanol–water partition coefficient (Wildman–Crippen LogP) is 1.14. The number of alkyl halides is 3. The molecule has 2 rings (SSSR count). The molecule has 2 heterocycles. The number of alkyl carbamates (subject to hydrolysis) is 1. The van der Waals surface area contributed by atoms with Crippen LogP contribution >= 0.6 is 0 Å². The van der Waals surface area contributed by atoms with Crippen molar-refractivity contribution in [2.45, 2.75) is 25.3 Å². The van der Waals surface area contributed by atoms with E-state index in [4.69, 9.17) is 0 Å². The molecule has 1 fully saturated rings. The number of hydrogen-bond donors (Lipinski definition) is 2. The Hall–Kier alpha value is -2.85. The Bertz CT molecular complexity index is 652. The molecule has 1 aliphatic heterocycles. The van der Waals surface area contributed by atoms with Crippen LogP contribution in [0.3, 0.4) is 0 Å². The van der Waals surface area contributed by atoms with Gasteiger partial charge in [-0.05, 0) is 18.6 Å². The number of imide groups is 1. The number of carbonyl (C=O) groups excluding carboxylic acids is 3. The van der Waals surface area contributed by atoms with Gasteiger partial charge >= 0.3 is 18.3 Å². The Labute approximate surface area is 134 Å². The van der Waals surface area contributed by atoms with E-state index >= 15 is 0 Å². The van der Waals surface area contributed by atoms with Crippen molar-refractivity contribution in [1.82, 2.24) is 20.5 Å². The number of halogens is 3. The molecule has 1 aromatic heterocycles. The third kappa shape index (κ3) is 3.09. The lowest BCUT2D eigenvalue weighted by atomic mass is 10.1. The van der Waals surface area contributed by atoms with Gasteiger partial charge in [0.05, 0.1) is 13.2 Å². The molecule has 0 spiro atoms. The van der Waals surface area contributed by atoms with Gasteiger partial charge in [0.25, 0.3) is 11.6 Å². The Kier molecular flexibility index (Phi) is 4.62. The molecule has 0 unspecified atom stereocenters. The highest BCUT2D eigenvalue weighted by atomic mass is 19.4. The number of aromatic nitrogens is 1. The standard InChI is InChI=1S/C13H13F3N4O4/c1-2-24-11(23)19-12(13(14,15)16)9(21)20(10(22)18-12)7-8-4-3-5-17-6-8/h3-6H,2,7H2,1H3,(H,18,22)(H,19,23)/t12-/m1/s1. The molecule has 2 N–H and O–H groups in total. The number of hydrogen-bond acceptors (Lipinski definition) is 5. The van der Waals surface area contributed by atoms with Crippen LogP contribution in [-0.4, -0.2) is 46.4 Å². The Balaban J connectivity index is 2.31. The van der Waals surface area contributed by atoms with Crippen molar-refractivity contribution in [1.29, 1.82) is 0 Å². The molecule has 0 saturated carbocycles. The van der Waals surface area contributed by atoms with Gasteiger partial charge in [0.15, 0.2) is 0 Å². The quantitative estimate of drug-likeness (QED) is 0.796.